The zero-order valence-corrected chi connectivity index (χ0v) is 24.6. The first kappa shape index (κ1) is 35.6. The third-order valence-electron chi connectivity index (χ3n) is 7.67. The number of benzene rings is 1. The molecule has 0 saturated carbocycles. The number of carbonyl (C=O) groups is 2. The lowest BCUT2D eigenvalue weighted by atomic mass is 10.1. The van der Waals surface area contributed by atoms with Crippen LogP contribution in [0.4, 0.5) is 39.5 Å². The molecule has 0 N–H and O–H groups in total. The van der Waals surface area contributed by atoms with E-state index in [0.717, 1.165) is 32.2 Å². The molecule has 4 heterocycles. The second kappa shape index (κ2) is 13.9. The van der Waals surface area contributed by atoms with Crippen molar-refractivity contribution >= 4 is 22.6 Å². The van der Waals surface area contributed by atoms with Gasteiger partial charge >= 0.3 is 30.1 Å². The summed E-state index contributed by atoms with van der Waals surface area (Å²) >= 11 is 0. The number of Topliss-reactive ketones (excluding diaryl/α,β-unsaturated/α-hetero) is 2. The van der Waals surface area contributed by atoms with Gasteiger partial charge in [0.15, 0.2) is 5.69 Å². The first-order valence-electron chi connectivity index (χ1n) is 14.2. The van der Waals surface area contributed by atoms with Gasteiger partial charge in [0.05, 0.1) is 29.7 Å². The Labute approximate surface area is 261 Å². The number of halogens is 9. The van der Waals surface area contributed by atoms with Crippen LogP contribution in [0.25, 0.3) is 22.3 Å². The number of aromatic nitrogens is 3. The number of carbonyl (C=O) groups excluding carboxylic acids is 2. The Morgan fingerprint density at radius 3 is 2.30 bits per heavy atom. The van der Waals surface area contributed by atoms with Gasteiger partial charge in [0, 0.05) is 44.8 Å². The lowest BCUT2D eigenvalue weighted by Crippen LogP contribution is -2.50. The number of aryl methyl sites for hydroxylation is 1. The number of alkyl halides is 9. The number of rotatable bonds is 7. The fourth-order valence-electron chi connectivity index (χ4n) is 5.38. The average molecular weight is 679 g/mol. The maximum Gasteiger partial charge on any atom is 0.458 e. The highest BCUT2D eigenvalue weighted by molar-refractivity contribution is 6.41. The topological polar surface area (TPSA) is 104 Å². The molecule has 18 heteroatoms. The molecule has 2 aliphatic rings. The van der Waals surface area contributed by atoms with Crippen molar-refractivity contribution in [1.82, 2.24) is 24.3 Å². The van der Waals surface area contributed by atoms with Gasteiger partial charge in [0.1, 0.15) is 17.3 Å². The Hall–Kier alpha value is -4.24. The van der Waals surface area contributed by atoms with Crippen molar-refractivity contribution in [3.8, 4) is 23.1 Å². The summed E-state index contributed by atoms with van der Waals surface area (Å²) in [4.78, 5) is 32.6. The molecule has 0 aliphatic carbocycles. The average Bonchev–Trinajstić information content (AvgIpc) is 3.63. The van der Waals surface area contributed by atoms with Crippen LogP contribution in [0.15, 0.2) is 30.6 Å². The molecule has 254 valence electrons. The lowest BCUT2D eigenvalue weighted by Gasteiger charge is -2.37. The van der Waals surface area contributed by atoms with Gasteiger partial charge in [0.25, 0.3) is 0 Å². The van der Waals surface area contributed by atoms with Gasteiger partial charge in [-0.2, -0.15) is 44.8 Å². The maximum absolute atomic E-state index is 13.9. The van der Waals surface area contributed by atoms with Crippen molar-refractivity contribution in [3.05, 3.63) is 41.9 Å². The SMILES string of the molecule is Cn1cnc2c(C#N)nc(-c3ccc(OCCCN4CCN5CCC[C@@H]5C4)c(C(F)(F)F)c3)cc21.O=C(C(=O)C(F)(F)F)C(F)(F)F. The summed E-state index contributed by atoms with van der Waals surface area (Å²) in [5.41, 5.74) is 0.813. The normalized spacial score (nSPS) is 17.5. The van der Waals surface area contributed by atoms with E-state index in [1.807, 2.05) is 6.07 Å². The molecule has 9 nitrogen and oxygen atoms in total. The molecule has 47 heavy (non-hydrogen) atoms. The van der Waals surface area contributed by atoms with Crippen LogP contribution in [-0.2, 0) is 22.8 Å². The third-order valence-corrected chi connectivity index (χ3v) is 7.67. The molecular weight excluding hydrogens is 651 g/mol. The number of fused-ring (bicyclic) bond motifs is 2. The van der Waals surface area contributed by atoms with E-state index in [0.29, 0.717) is 23.5 Å². The van der Waals surface area contributed by atoms with Crippen LogP contribution in [0.2, 0.25) is 0 Å². The molecule has 1 atom stereocenters. The van der Waals surface area contributed by atoms with Crippen LogP contribution in [0, 0.1) is 11.3 Å². The fraction of sp³-hybridized carbons (Fsp3) is 0.483. The molecule has 5 rings (SSSR count). The van der Waals surface area contributed by atoms with Crippen molar-refractivity contribution in [2.45, 2.75) is 43.8 Å². The molecular formula is C29H27F9N6O3. The minimum absolute atomic E-state index is 0.0745. The van der Waals surface area contributed by atoms with E-state index in [4.69, 9.17) is 4.74 Å². The van der Waals surface area contributed by atoms with E-state index in [2.05, 4.69) is 19.8 Å². The van der Waals surface area contributed by atoms with Crippen LogP contribution >= 0.6 is 0 Å². The number of piperazine rings is 1. The molecule has 0 bridgehead atoms. The van der Waals surface area contributed by atoms with Crippen LogP contribution in [-0.4, -0.2) is 93.6 Å². The third kappa shape index (κ3) is 8.57. The van der Waals surface area contributed by atoms with Gasteiger partial charge in [-0.15, -0.1) is 0 Å². The molecule has 0 spiro atoms. The van der Waals surface area contributed by atoms with Crippen LogP contribution in [0.1, 0.15) is 30.5 Å². The highest BCUT2D eigenvalue weighted by atomic mass is 19.4. The van der Waals surface area contributed by atoms with E-state index in [1.54, 1.807) is 30.1 Å². The van der Waals surface area contributed by atoms with Gasteiger partial charge < -0.3 is 14.2 Å². The minimum atomic E-state index is -5.77. The highest BCUT2D eigenvalue weighted by Crippen LogP contribution is 2.39. The molecule has 2 aliphatic heterocycles. The molecule has 2 aromatic heterocycles. The quantitative estimate of drug-likeness (QED) is 0.188. The van der Waals surface area contributed by atoms with Gasteiger partial charge in [-0.05, 0) is 50.1 Å². The van der Waals surface area contributed by atoms with Gasteiger partial charge in [-0.3, -0.25) is 14.5 Å². The Bertz CT molecular complexity index is 1640. The number of pyridine rings is 1. The summed E-state index contributed by atoms with van der Waals surface area (Å²) in [7, 11) is 1.76. The van der Waals surface area contributed by atoms with E-state index < -0.39 is 35.7 Å². The van der Waals surface area contributed by atoms with Gasteiger partial charge in [0.2, 0.25) is 0 Å². The second-order valence-electron chi connectivity index (χ2n) is 10.9. The first-order valence-corrected chi connectivity index (χ1v) is 14.2. The lowest BCUT2D eigenvalue weighted by molar-refractivity contribution is -0.193. The number of imidazole rings is 1. The zero-order chi connectivity index (χ0) is 34.7. The van der Waals surface area contributed by atoms with Gasteiger partial charge in [-0.25, -0.2) is 9.97 Å². The summed E-state index contributed by atoms with van der Waals surface area (Å²) in [5.74, 6) is -7.01. The number of hydrogen-bond donors (Lipinski definition) is 0. The van der Waals surface area contributed by atoms with E-state index >= 15 is 0 Å². The predicted molar refractivity (Wildman–Crippen MR) is 147 cm³/mol. The van der Waals surface area contributed by atoms with Gasteiger partial charge in [-0.1, -0.05) is 0 Å². The molecule has 3 aromatic rings. The van der Waals surface area contributed by atoms with Crippen molar-refractivity contribution in [1.29, 1.82) is 5.26 Å². The van der Waals surface area contributed by atoms with E-state index in [-0.39, 0.29) is 29.3 Å². The Morgan fingerprint density at radius 1 is 1.00 bits per heavy atom. The summed E-state index contributed by atoms with van der Waals surface area (Å²) in [6.07, 6.45) is -11.4. The number of nitrogens with zero attached hydrogens (tertiary/aromatic N) is 6. The predicted octanol–water partition coefficient (Wildman–Crippen LogP) is 5.32. The molecule has 0 unspecified atom stereocenters. The summed E-state index contributed by atoms with van der Waals surface area (Å²) in [5, 5.41) is 9.44. The standard InChI is InChI=1S/C25H27F3N6O.C4F6O2/c1-32-16-30-24-21(14-29)31-20(13-22(24)32)17-5-6-23(19(12-17)25(26,27)28)35-11-3-7-33-9-10-34-8-2-4-18(34)15-33;5-3(6,7)1(11)2(12)4(8,9)10/h5-6,12-13,16,18H,2-4,7-11,15H2,1H3;/t18-;/m1./s1. The fourth-order valence-corrected chi connectivity index (χ4v) is 5.38. The van der Waals surface area contributed by atoms with Crippen LogP contribution < -0.4 is 4.74 Å². The van der Waals surface area contributed by atoms with Crippen molar-refractivity contribution < 1.29 is 53.8 Å². The smallest absolute Gasteiger partial charge is 0.458 e. The molecule has 0 radical (unpaired) electrons. The maximum atomic E-state index is 13.9. The second-order valence-corrected chi connectivity index (χ2v) is 10.9. The summed E-state index contributed by atoms with van der Waals surface area (Å²) < 4.78 is 116. The molecule has 0 amide bonds. The van der Waals surface area contributed by atoms with Crippen LogP contribution in [0.3, 0.4) is 0 Å². The highest BCUT2D eigenvalue weighted by Gasteiger charge is 2.54. The van der Waals surface area contributed by atoms with Crippen molar-refractivity contribution in [2.75, 3.05) is 39.3 Å². The first-order chi connectivity index (χ1) is 21.9. The molecule has 2 fully saturated rings. The molecule has 1 aromatic carbocycles. The summed E-state index contributed by atoms with van der Waals surface area (Å²) in [6.45, 7) is 5.30. The Kier molecular flexibility index (Phi) is 10.5. The number of ketones is 2. The largest absolute Gasteiger partial charge is 0.493 e. The monoisotopic (exact) mass is 678 g/mol. The zero-order valence-electron chi connectivity index (χ0n) is 24.6. The Balaban J connectivity index is 0.000000356. The van der Waals surface area contributed by atoms with Crippen molar-refractivity contribution in [3.63, 3.8) is 0 Å². The number of ether oxygens (including phenoxy) is 1. The molecule has 2 saturated heterocycles. The number of nitriles is 1. The van der Waals surface area contributed by atoms with E-state index in [1.165, 1.54) is 25.5 Å². The van der Waals surface area contributed by atoms with E-state index in [9.17, 15) is 54.4 Å². The van der Waals surface area contributed by atoms with Crippen LogP contribution in [0.5, 0.6) is 5.75 Å². The number of hydrogen-bond acceptors (Lipinski definition) is 8. The van der Waals surface area contributed by atoms with Crippen molar-refractivity contribution in [2.24, 2.45) is 7.05 Å². The Morgan fingerprint density at radius 2 is 1.68 bits per heavy atom. The summed E-state index contributed by atoms with van der Waals surface area (Å²) in [6, 6.07) is 8.18. The minimum Gasteiger partial charge on any atom is -0.493 e.